The van der Waals surface area contributed by atoms with E-state index in [1.165, 1.54) is 18.2 Å². The van der Waals surface area contributed by atoms with Crippen molar-refractivity contribution in [1.29, 1.82) is 0 Å². The molecule has 1 heterocycles. The predicted molar refractivity (Wildman–Crippen MR) is 78.1 cm³/mol. The molecule has 0 saturated carbocycles. The number of fused-ring (bicyclic) bond motifs is 1. The van der Waals surface area contributed by atoms with Crippen LogP contribution in [0.2, 0.25) is 0 Å². The number of carbonyl (C=O) groups excluding carboxylic acids is 1. The second-order valence-electron chi connectivity index (χ2n) is 5.35. The van der Waals surface area contributed by atoms with Crippen LogP contribution in [0, 0.1) is 5.92 Å². The summed E-state index contributed by atoms with van der Waals surface area (Å²) in [5.74, 6) is -0.150. The Morgan fingerprint density at radius 3 is 2.81 bits per heavy atom. The van der Waals surface area contributed by atoms with Crippen molar-refractivity contribution in [2.45, 2.75) is 31.1 Å². The van der Waals surface area contributed by atoms with Gasteiger partial charge in [0.15, 0.2) is 0 Å². The van der Waals surface area contributed by atoms with Crippen LogP contribution in [0.15, 0.2) is 23.1 Å². The molecule has 1 unspecified atom stereocenters. The minimum absolute atomic E-state index is 0.0462. The average molecular weight is 333 g/mol. The fourth-order valence-corrected chi connectivity index (χ4v) is 2.90. The molecule has 21 heavy (non-hydrogen) atoms. The van der Waals surface area contributed by atoms with E-state index in [0.717, 1.165) is 0 Å². The van der Waals surface area contributed by atoms with E-state index in [4.69, 9.17) is 20.2 Å². The van der Waals surface area contributed by atoms with Crippen molar-refractivity contribution in [3.8, 4) is 5.75 Å². The summed E-state index contributed by atoms with van der Waals surface area (Å²) in [5.41, 5.74) is 0.511. The van der Waals surface area contributed by atoms with Crippen LogP contribution < -0.4 is 4.74 Å². The fraction of sp³-hybridized carbons (Fsp3) is 0.500. The first-order valence-corrected chi connectivity index (χ1v) is 8.98. The van der Waals surface area contributed by atoms with Gasteiger partial charge in [0.1, 0.15) is 5.75 Å². The number of esters is 1. The molecule has 116 valence electrons. The van der Waals surface area contributed by atoms with Gasteiger partial charge in [-0.1, -0.05) is 13.8 Å². The summed E-state index contributed by atoms with van der Waals surface area (Å²) in [5, 5.41) is 0. The van der Waals surface area contributed by atoms with Gasteiger partial charge in [-0.25, -0.2) is 8.42 Å². The van der Waals surface area contributed by atoms with E-state index < -0.39 is 15.0 Å². The molecule has 0 saturated heterocycles. The predicted octanol–water partition coefficient (Wildman–Crippen LogP) is 2.68. The van der Waals surface area contributed by atoms with Crippen LogP contribution >= 0.6 is 10.7 Å². The largest absolute Gasteiger partial charge is 0.493 e. The maximum Gasteiger partial charge on any atom is 0.313 e. The summed E-state index contributed by atoms with van der Waals surface area (Å²) in [6.45, 7) is 4.62. The Balaban J connectivity index is 2.31. The quantitative estimate of drug-likeness (QED) is 0.626. The van der Waals surface area contributed by atoms with Crippen molar-refractivity contribution in [2.24, 2.45) is 5.92 Å². The Labute approximate surface area is 128 Å². The van der Waals surface area contributed by atoms with E-state index in [-0.39, 0.29) is 16.8 Å². The minimum atomic E-state index is -3.85. The molecule has 0 radical (unpaired) electrons. The number of benzene rings is 1. The summed E-state index contributed by atoms with van der Waals surface area (Å²) in [7, 11) is 1.50. The van der Waals surface area contributed by atoms with Crippen LogP contribution in [0.3, 0.4) is 0 Å². The van der Waals surface area contributed by atoms with E-state index in [1.807, 2.05) is 13.8 Å². The average Bonchev–Trinajstić information content (AvgIpc) is 2.42. The molecule has 1 aromatic rings. The van der Waals surface area contributed by atoms with Gasteiger partial charge in [0.25, 0.3) is 9.05 Å². The summed E-state index contributed by atoms with van der Waals surface area (Å²) >= 11 is 0. The Hall–Kier alpha value is -1.27. The third-order valence-electron chi connectivity index (χ3n) is 3.15. The lowest BCUT2D eigenvalue weighted by atomic mass is 9.93. The lowest BCUT2D eigenvalue weighted by Gasteiger charge is -2.25. The van der Waals surface area contributed by atoms with Gasteiger partial charge in [0.05, 0.1) is 24.0 Å². The van der Waals surface area contributed by atoms with Gasteiger partial charge in [0.2, 0.25) is 0 Å². The highest BCUT2D eigenvalue weighted by atomic mass is 35.7. The standard InChI is InChI=1S/C14H17ClO5S/c1-9(2)8-20-14(16)11-5-6-19-13-4-3-10(7-12(11)13)21(15,17)18/h3-4,7,9,11H,5-6,8H2,1-2H3. The van der Waals surface area contributed by atoms with Crippen LogP contribution in [0.25, 0.3) is 0 Å². The Kier molecular flexibility index (Phi) is 4.78. The Bertz CT molecular complexity index is 639. The van der Waals surface area contributed by atoms with Gasteiger partial charge in [-0.2, -0.15) is 0 Å². The Morgan fingerprint density at radius 2 is 2.19 bits per heavy atom. The zero-order valence-corrected chi connectivity index (χ0v) is 13.4. The lowest BCUT2D eigenvalue weighted by Crippen LogP contribution is -2.24. The number of rotatable bonds is 4. The summed E-state index contributed by atoms with van der Waals surface area (Å²) < 4.78 is 33.5. The number of halogens is 1. The molecule has 1 atom stereocenters. The molecule has 5 nitrogen and oxygen atoms in total. The molecule has 0 fully saturated rings. The molecule has 1 aromatic carbocycles. The minimum Gasteiger partial charge on any atom is -0.493 e. The molecule has 2 rings (SSSR count). The number of ether oxygens (including phenoxy) is 2. The fourth-order valence-electron chi connectivity index (χ4n) is 2.12. The topological polar surface area (TPSA) is 69.7 Å². The SMILES string of the molecule is CC(C)COC(=O)C1CCOc2ccc(S(=O)(=O)Cl)cc21. The zero-order valence-electron chi connectivity index (χ0n) is 11.8. The maximum absolute atomic E-state index is 12.2. The van der Waals surface area contributed by atoms with Crippen molar-refractivity contribution in [3.63, 3.8) is 0 Å². The molecule has 1 aliphatic heterocycles. The normalized spacial score (nSPS) is 18.0. The monoisotopic (exact) mass is 332 g/mol. The molecule has 7 heteroatoms. The summed E-state index contributed by atoms with van der Waals surface area (Å²) in [6.07, 6.45) is 0.454. The lowest BCUT2D eigenvalue weighted by molar-refractivity contribution is -0.147. The molecule has 0 bridgehead atoms. The van der Waals surface area contributed by atoms with Gasteiger partial charge in [-0.15, -0.1) is 0 Å². The third kappa shape index (κ3) is 3.89. The van der Waals surface area contributed by atoms with Gasteiger partial charge in [-0.3, -0.25) is 4.79 Å². The zero-order chi connectivity index (χ0) is 15.6. The van der Waals surface area contributed by atoms with Crippen LogP contribution in [0.1, 0.15) is 31.7 Å². The molecule has 0 spiro atoms. The Morgan fingerprint density at radius 1 is 1.48 bits per heavy atom. The first kappa shape index (κ1) is 16.1. The van der Waals surface area contributed by atoms with Gasteiger partial charge < -0.3 is 9.47 Å². The smallest absolute Gasteiger partial charge is 0.313 e. The van der Waals surface area contributed by atoms with Crippen molar-refractivity contribution >= 4 is 25.7 Å². The second-order valence-corrected chi connectivity index (χ2v) is 7.92. The highest BCUT2D eigenvalue weighted by Gasteiger charge is 2.30. The van der Waals surface area contributed by atoms with Crippen LogP contribution in [-0.2, 0) is 18.6 Å². The number of hydrogen-bond acceptors (Lipinski definition) is 5. The summed E-state index contributed by atoms with van der Waals surface area (Å²) in [6, 6.07) is 4.27. The van der Waals surface area contributed by atoms with Crippen molar-refractivity contribution in [3.05, 3.63) is 23.8 Å². The number of hydrogen-bond donors (Lipinski definition) is 0. The molecular weight excluding hydrogens is 316 g/mol. The van der Waals surface area contributed by atoms with Crippen molar-refractivity contribution < 1.29 is 22.7 Å². The van der Waals surface area contributed by atoms with E-state index in [2.05, 4.69) is 0 Å². The van der Waals surface area contributed by atoms with Crippen LogP contribution in [-0.4, -0.2) is 27.6 Å². The second kappa shape index (κ2) is 6.23. The van der Waals surface area contributed by atoms with Crippen LogP contribution in [0.5, 0.6) is 5.75 Å². The molecule has 0 aliphatic carbocycles. The molecule has 0 N–H and O–H groups in total. The molecule has 1 aliphatic rings. The molecule has 0 aromatic heterocycles. The maximum atomic E-state index is 12.2. The number of carbonyl (C=O) groups is 1. The first-order chi connectivity index (χ1) is 9.79. The van der Waals surface area contributed by atoms with Crippen LogP contribution in [0.4, 0.5) is 0 Å². The van der Waals surface area contributed by atoms with E-state index >= 15 is 0 Å². The van der Waals surface area contributed by atoms with E-state index in [0.29, 0.717) is 30.9 Å². The van der Waals surface area contributed by atoms with Crippen molar-refractivity contribution in [1.82, 2.24) is 0 Å². The first-order valence-electron chi connectivity index (χ1n) is 6.67. The highest BCUT2D eigenvalue weighted by molar-refractivity contribution is 8.13. The van der Waals surface area contributed by atoms with Gasteiger partial charge in [0, 0.05) is 16.2 Å². The third-order valence-corrected chi connectivity index (χ3v) is 4.50. The molecule has 0 amide bonds. The van der Waals surface area contributed by atoms with Gasteiger partial charge >= 0.3 is 5.97 Å². The van der Waals surface area contributed by atoms with Crippen molar-refractivity contribution in [2.75, 3.05) is 13.2 Å². The molecular formula is C14H17ClO5S. The summed E-state index contributed by atoms with van der Waals surface area (Å²) in [4.78, 5) is 12.1. The van der Waals surface area contributed by atoms with Gasteiger partial charge in [-0.05, 0) is 30.5 Å². The highest BCUT2D eigenvalue weighted by Crippen LogP contribution is 2.36. The van der Waals surface area contributed by atoms with E-state index in [1.54, 1.807) is 0 Å². The van der Waals surface area contributed by atoms with E-state index in [9.17, 15) is 13.2 Å².